The molecule has 16 heavy (non-hydrogen) atoms. The van der Waals surface area contributed by atoms with Gasteiger partial charge in [-0.2, -0.15) is 26.7 Å². The van der Waals surface area contributed by atoms with Gasteiger partial charge in [0.1, 0.15) is 0 Å². The molecule has 0 amide bonds. The van der Waals surface area contributed by atoms with Crippen molar-refractivity contribution in [2.24, 2.45) is 4.99 Å². The van der Waals surface area contributed by atoms with E-state index in [2.05, 4.69) is 13.5 Å². The Hall–Kier alpha value is -1.55. The van der Waals surface area contributed by atoms with E-state index in [1.807, 2.05) is 0 Å². The summed E-state index contributed by atoms with van der Waals surface area (Å²) in [5.74, 6) is -0.669. The highest BCUT2D eigenvalue weighted by atomic mass is 32.3. The van der Waals surface area contributed by atoms with Crippen molar-refractivity contribution >= 4 is 16.6 Å². The van der Waals surface area contributed by atoms with Crippen LogP contribution in [0.25, 0.3) is 0 Å². The minimum Gasteiger partial charge on any atom is -0.337 e. The Balaban J connectivity index is 2.47. The number of halogens is 3. The third-order valence-electron chi connectivity index (χ3n) is 1.57. The second kappa shape index (κ2) is 3.22. The summed E-state index contributed by atoms with van der Waals surface area (Å²) in [5.41, 5.74) is -1.35. The third kappa shape index (κ3) is 1.88. The summed E-state index contributed by atoms with van der Waals surface area (Å²) < 4.78 is 67.2. The molecule has 0 aromatic heterocycles. The maximum absolute atomic E-state index is 12.5. The normalized spacial score (nSPS) is 23.1. The molecule has 1 saturated heterocycles. The van der Waals surface area contributed by atoms with Crippen LogP contribution in [-0.4, -0.2) is 25.9 Å². The Morgan fingerprint density at radius 1 is 1.38 bits per heavy atom. The van der Waals surface area contributed by atoms with Crippen LogP contribution in [0.15, 0.2) is 28.8 Å². The summed E-state index contributed by atoms with van der Waals surface area (Å²) in [6, 6.07) is 0. The molecule has 1 fully saturated rings. The molecule has 88 valence electrons. The summed E-state index contributed by atoms with van der Waals surface area (Å²) in [4.78, 5) is 3.37. The van der Waals surface area contributed by atoms with Gasteiger partial charge < -0.3 is 4.18 Å². The number of alkyl halides is 3. The Labute approximate surface area is 87.5 Å². The zero-order valence-corrected chi connectivity index (χ0v) is 8.12. The maximum atomic E-state index is 12.5. The fraction of sp³-hybridized carbons (Fsp3) is 0.167. The summed E-state index contributed by atoms with van der Waals surface area (Å²) in [6.07, 6.45) is -2.60. The molecule has 2 aliphatic rings. The van der Waals surface area contributed by atoms with Gasteiger partial charge in [-0.25, -0.2) is 0 Å². The number of allylic oxidation sites excluding steroid dienone is 2. The van der Waals surface area contributed by atoms with Crippen LogP contribution in [0, 0.1) is 0 Å². The Morgan fingerprint density at radius 3 is 2.69 bits per heavy atom. The fourth-order valence-corrected chi connectivity index (χ4v) is 1.70. The van der Waals surface area contributed by atoms with Gasteiger partial charge in [0.25, 0.3) is 5.88 Å². The van der Waals surface area contributed by atoms with E-state index in [4.69, 9.17) is 0 Å². The minimum absolute atomic E-state index is 0.0162. The molecule has 0 N–H and O–H groups in total. The van der Waals surface area contributed by atoms with Crippen LogP contribution in [0.1, 0.15) is 0 Å². The summed E-state index contributed by atoms with van der Waals surface area (Å²) in [5, 5.41) is 0.0162. The third-order valence-corrected chi connectivity index (χ3v) is 2.27. The van der Waals surface area contributed by atoms with E-state index in [0.29, 0.717) is 6.08 Å². The monoisotopic (exact) mass is 256 g/mol. The van der Waals surface area contributed by atoms with Crippen LogP contribution in [0.4, 0.5) is 13.2 Å². The largest absolute Gasteiger partial charge is 0.472 e. The number of rotatable bonds is 0. The lowest BCUT2D eigenvalue weighted by Gasteiger charge is -2.17. The van der Waals surface area contributed by atoms with Crippen molar-refractivity contribution < 1.29 is 30.1 Å². The van der Waals surface area contributed by atoms with Crippen molar-refractivity contribution in [3.05, 3.63) is 23.9 Å². The summed E-state index contributed by atoms with van der Waals surface area (Å²) >= 11 is 0. The molecular weight excluding hydrogens is 253 g/mol. The van der Waals surface area contributed by atoms with Gasteiger partial charge in [0.2, 0.25) is 0 Å². The molecule has 10 heteroatoms. The van der Waals surface area contributed by atoms with Crippen molar-refractivity contribution in [2.75, 3.05) is 0 Å². The Morgan fingerprint density at radius 2 is 2.06 bits per heavy atom. The van der Waals surface area contributed by atoms with Crippen LogP contribution in [0.2, 0.25) is 0 Å². The zero-order chi connectivity index (χ0) is 12.0. The summed E-state index contributed by atoms with van der Waals surface area (Å²) in [6.45, 7) is 0. The molecule has 0 atom stereocenters. The van der Waals surface area contributed by atoms with Gasteiger partial charge >= 0.3 is 16.6 Å². The van der Waals surface area contributed by atoms with Crippen molar-refractivity contribution in [3.63, 3.8) is 0 Å². The van der Waals surface area contributed by atoms with Crippen molar-refractivity contribution in [3.8, 4) is 0 Å². The molecule has 0 aliphatic carbocycles. The zero-order valence-electron chi connectivity index (χ0n) is 7.30. The van der Waals surface area contributed by atoms with Crippen molar-refractivity contribution in [1.29, 1.82) is 0 Å². The van der Waals surface area contributed by atoms with E-state index in [1.54, 1.807) is 0 Å². The lowest BCUT2D eigenvalue weighted by atomic mass is 10.4. The van der Waals surface area contributed by atoms with Crippen LogP contribution < -0.4 is 0 Å². The van der Waals surface area contributed by atoms with Gasteiger partial charge in [0, 0.05) is 6.21 Å². The number of hydrogen-bond acceptors (Lipinski definition) is 6. The topological polar surface area (TPSA) is 68.2 Å². The molecule has 0 saturated carbocycles. The van der Waals surface area contributed by atoms with E-state index in [-0.39, 0.29) is 5.06 Å². The van der Waals surface area contributed by atoms with E-state index >= 15 is 0 Å². The highest BCUT2D eigenvalue weighted by Gasteiger charge is 2.47. The van der Waals surface area contributed by atoms with E-state index in [9.17, 15) is 21.6 Å². The predicted molar refractivity (Wildman–Crippen MR) is 43.6 cm³/mol. The van der Waals surface area contributed by atoms with Gasteiger partial charge in [-0.3, -0.25) is 4.99 Å². The molecule has 0 unspecified atom stereocenters. The molecule has 0 bridgehead atoms. The van der Waals surface area contributed by atoms with Gasteiger partial charge in [0.05, 0.1) is 6.20 Å². The Bertz CT molecular complexity index is 504. The van der Waals surface area contributed by atoms with Gasteiger partial charge in [0.15, 0.2) is 5.70 Å². The summed E-state index contributed by atoms with van der Waals surface area (Å²) in [7, 11) is -4.50. The first-order valence-corrected chi connectivity index (χ1v) is 5.08. The number of fused-ring (bicyclic) bond motifs is 1. The average molecular weight is 256 g/mol. The van der Waals surface area contributed by atoms with Crippen molar-refractivity contribution in [2.45, 2.75) is 6.18 Å². The first-order chi connectivity index (χ1) is 7.30. The minimum atomic E-state index is -4.79. The van der Waals surface area contributed by atoms with Gasteiger partial charge in [-0.1, -0.05) is 0 Å². The van der Waals surface area contributed by atoms with Crippen molar-refractivity contribution in [1.82, 2.24) is 5.06 Å². The second-order valence-electron chi connectivity index (χ2n) is 2.68. The first-order valence-electron chi connectivity index (χ1n) is 3.74. The predicted octanol–water partition coefficient (Wildman–Crippen LogP) is 0.825. The highest BCUT2D eigenvalue weighted by Crippen LogP contribution is 2.36. The first kappa shape index (κ1) is 11.0. The number of hydrogen-bond donors (Lipinski definition) is 0. The molecule has 0 radical (unpaired) electrons. The lowest BCUT2D eigenvalue weighted by molar-refractivity contribution is -0.138. The SMILES string of the molecule is O=S1(=O)OC2=CN=CC=C(C(F)(F)F)N2O1. The lowest BCUT2D eigenvalue weighted by Crippen LogP contribution is -2.27. The molecule has 2 rings (SSSR count). The molecular formula is C6H3F3N2O4S. The molecule has 0 spiro atoms. The number of hydroxylamine groups is 2. The average Bonchev–Trinajstić information content (AvgIpc) is 2.28. The van der Waals surface area contributed by atoms with E-state index < -0.39 is 28.2 Å². The van der Waals surface area contributed by atoms with Crippen LogP contribution in [-0.2, 0) is 18.9 Å². The molecule has 0 aromatic rings. The van der Waals surface area contributed by atoms with Crippen LogP contribution in [0.3, 0.4) is 0 Å². The molecule has 2 heterocycles. The van der Waals surface area contributed by atoms with E-state index in [1.165, 1.54) is 0 Å². The molecule has 2 aliphatic heterocycles. The Kier molecular flexibility index (Phi) is 2.20. The van der Waals surface area contributed by atoms with Gasteiger partial charge in [-0.05, 0) is 6.08 Å². The maximum Gasteiger partial charge on any atom is 0.472 e. The van der Waals surface area contributed by atoms with Gasteiger partial charge in [-0.15, -0.1) is 4.28 Å². The number of nitrogens with zero attached hydrogens (tertiary/aromatic N) is 2. The standard InChI is InChI=1S/C6H3F3N2O4S/c7-6(8,9)4-1-2-10-3-5-11(4)15-16(12,13)14-5/h1-3H. The quantitative estimate of drug-likeness (QED) is 0.642. The van der Waals surface area contributed by atoms with Crippen LogP contribution in [0.5, 0.6) is 0 Å². The number of aliphatic imine (C=N–C) groups is 1. The van der Waals surface area contributed by atoms with Crippen LogP contribution >= 0.6 is 0 Å². The smallest absolute Gasteiger partial charge is 0.337 e. The highest BCUT2D eigenvalue weighted by molar-refractivity contribution is 7.82. The molecule has 6 nitrogen and oxygen atoms in total. The molecule has 0 aromatic carbocycles. The fourth-order valence-electron chi connectivity index (χ4n) is 1.01. The van der Waals surface area contributed by atoms with E-state index in [0.717, 1.165) is 12.4 Å². The second-order valence-corrected chi connectivity index (χ2v) is 3.81.